The number of rotatable bonds is 6. The summed E-state index contributed by atoms with van der Waals surface area (Å²) < 4.78 is 0. The van der Waals surface area contributed by atoms with E-state index in [4.69, 9.17) is 0 Å². The summed E-state index contributed by atoms with van der Waals surface area (Å²) in [6.07, 6.45) is 5.36. The molecule has 0 radical (unpaired) electrons. The van der Waals surface area contributed by atoms with Gasteiger partial charge in [0, 0.05) is 30.1 Å². The summed E-state index contributed by atoms with van der Waals surface area (Å²) in [5.41, 5.74) is 2.42. The van der Waals surface area contributed by atoms with Crippen LogP contribution in [-0.2, 0) is 6.42 Å². The van der Waals surface area contributed by atoms with Gasteiger partial charge in [-0.05, 0) is 37.8 Å². The van der Waals surface area contributed by atoms with E-state index in [1.807, 2.05) is 24.3 Å². The Bertz CT molecular complexity index is 1020. The molecule has 0 saturated heterocycles. The molecule has 2 aromatic heterocycles. The van der Waals surface area contributed by atoms with E-state index in [0.29, 0.717) is 23.9 Å². The summed E-state index contributed by atoms with van der Waals surface area (Å²) in [7, 11) is 0. The minimum absolute atomic E-state index is 0.213. The van der Waals surface area contributed by atoms with Crippen molar-refractivity contribution in [3.8, 4) is 6.07 Å². The van der Waals surface area contributed by atoms with Crippen LogP contribution in [0.2, 0.25) is 0 Å². The van der Waals surface area contributed by atoms with E-state index in [-0.39, 0.29) is 12.1 Å². The average molecular weight is 388 g/mol. The summed E-state index contributed by atoms with van der Waals surface area (Å²) in [6, 6.07) is 14.5. The molecule has 1 fully saturated rings. The second-order valence-electron chi connectivity index (χ2n) is 7.39. The minimum Gasteiger partial charge on any atom is -0.393 e. The number of nitrogens with one attached hydrogen (secondary N) is 2. The van der Waals surface area contributed by atoms with Crippen molar-refractivity contribution in [2.75, 3.05) is 17.2 Å². The van der Waals surface area contributed by atoms with Gasteiger partial charge in [-0.25, -0.2) is 4.98 Å². The predicted molar refractivity (Wildman–Crippen MR) is 113 cm³/mol. The van der Waals surface area contributed by atoms with Crippen molar-refractivity contribution >= 4 is 22.7 Å². The van der Waals surface area contributed by atoms with Gasteiger partial charge in [-0.3, -0.25) is 4.98 Å². The largest absolute Gasteiger partial charge is 0.393 e. The summed E-state index contributed by atoms with van der Waals surface area (Å²) in [6.45, 7) is 0.645. The van der Waals surface area contributed by atoms with E-state index in [2.05, 4.69) is 43.8 Å². The lowest BCUT2D eigenvalue weighted by molar-refractivity contribution is 0.126. The summed E-state index contributed by atoms with van der Waals surface area (Å²) in [5.74, 6) is 1.04. The SMILES string of the molecule is N#Cc1cnc(NCCc2ccc3ccccc3n2)nc1NC1CCC(O)CC1. The Kier molecular flexibility index (Phi) is 5.82. The summed E-state index contributed by atoms with van der Waals surface area (Å²) in [5, 5.41) is 26.7. The molecule has 1 aliphatic rings. The van der Waals surface area contributed by atoms with Crippen molar-refractivity contribution in [3.05, 3.63) is 53.9 Å². The molecular formula is C22H24N6O. The highest BCUT2D eigenvalue weighted by Gasteiger charge is 2.20. The van der Waals surface area contributed by atoms with E-state index in [9.17, 15) is 10.4 Å². The first kappa shape index (κ1) is 19.1. The number of nitrogens with zero attached hydrogens (tertiary/aromatic N) is 4. The van der Waals surface area contributed by atoms with Crippen molar-refractivity contribution in [1.29, 1.82) is 5.26 Å². The first-order valence-electron chi connectivity index (χ1n) is 10.0. The fourth-order valence-corrected chi connectivity index (χ4v) is 3.62. The molecular weight excluding hydrogens is 364 g/mol. The van der Waals surface area contributed by atoms with Crippen LogP contribution in [0.5, 0.6) is 0 Å². The van der Waals surface area contributed by atoms with E-state index in [0.717, 1.165) is 48.7 Å². The van der Waals surface area contributed by atoms with Crippen LogP contribution in [0, 0.1) is 11.3 Å². The van der Waals surface area contributed by atoms with Gasteiger partial charge in [0.25, 0.3) is 0 Å². The smallest absolute Gasteiger partial charge is 0.224 e. The molecule has 29 heavy (non-hydrogen) atoms. The zero-order valence-corrected chi connectivity index (χ0v) is 16.2. The molecule has 1 aliphatic carbocycles. The highest BCUT2D eigenvalue weighted by Crippen LogP contribution is 2.23. The van der Waals surface area contributed by atoms with Crippen LogP contribution in [0.4, 0.5) is 11.8 Å². The van der Waals surface area contributed by atoms with Gasteiger partial charge in [-0.2, -0.15) is 10.2 Å². The van der Waals surface area contributed by atoms with Crippen LogP contribution in [-0.4, -0.2) is 38.7 Å². The monoisotopic (exact) mass is 388 g/mol. The fraction of sp³-hybridized carbons (Fsp3) is 0.364. The summed E-state index contributed by atoms with van der Waals surface area (Å²) >= 11 is 0. The van der Waals surface area contributed by atoms with Crippen LogP contribution in [0.1, 0.15) is 36.9 Å². The number of nitriles is 1. The van der Waals surface area contributed by atoms with Crippen LogP contribution in [0.15, 0.2) is 42.6 Å². The number of aromatic nitrogens is 3. The van der Waals surface area contributed by atoms with Gasteiger partial charge < -0.3 is 15.7 Å². The lowest BCUT2D eigenvalue weighted by atomic mass is 9.93. The van der Waals surface area contributed by atoms with Crippen LogP contribution >= 0.6 is 0 Å². The second kappa shape index (κ2) is 8.84. The second-order valence-corrected chi connectivity index (χ2v) is 7.39. The molecule has 4 rings (SSSR count). The maximum absolute atomic E-state index is 9.67. The third kappa shape index (κ3) is 4.79. The fourth-order valence-electron chi connectivity index (χ4n) is 3.62. The standard InChI is InChI=1S/C22H24N6O/c23-13-16-14-25-22(28-21(16)27-17-7-9-19(29)10-8-17)24-12-11-18-6-5-15-3-1-2-4-20(15)26-18/h1-6,14,17,19,29H,7-12H2,(H2,24,25,27,28). The Hall–Kier alpha value is -3.24. The molecule has 2 heterocycles. The Morgan fingerprint density at radius 2 is 1.90 bits per heavy atom. The zero-order valence-electron chi connectivity index (χ0n) is 16.2. The Morgan fingerprint density at radius 1 is 1.07 bits per heavy atom. The van der Waals surface area contributed by atoms with Crippen molar-refractivity contribution in [2.24, 2.45) is 0 Å². The van der Waals surface area contributed by atoms with Crippen molar-refractivity contribution in [2.45, 2.75) is 44.2 Å². The Balaban J connectivity index is 1.38. The zero-order chi connectivity index (χ0) is 20.1. The maximum Gasteiger partial charge on any atom is 0.224 e. The van der Waals surface area contributed by atoms with Gasteiger partial charge >= 0.3 is 0 Å². The van der Waals surface area contributed by atoms with E-state index in [1.54, 1.807) is 6.20 Å². The number of hydrogen-bond acceptors (Lipinski definition) is 7. The minimum atomic E-state index is -0.213. The third-order valence-electron chi connectivity index (χ3n) is 5.27. The van der Waals surface area contributed by atoms with Crippen LogP contribution < -0.4 is 10.6 Å². The Labute approximate surface area is 169 Å². The molecule has 7 nitrogen and oxygen atoms in total. The Morgan fingerprint density at radius 3 is 2.72 bits per heavy atom. The van der Waals surface area contributed by atoms with Crippen LogP contribution in [0.3, 0.4) is 0 Å². The highest BCUT2D eigenvalue weighted by atomic mass is 16.3. The molecule has 0 aliphatic heterocycles. The van der Waals surface area contributed by atoms with Gasteiger partial charge in [-0.15, -0.1) is 0 Å². The molecule has 3 N–H and O–H groups in total. The number of aliphatic hydroxyl groups excluding tert-OH is 1. The molecule has 0 amide bonds. The van der Waals surface area contributed by atoms with Gasteiger partial charge in [0.1, 0.15) is 17.5 Å². The van der Waals surface area contributed by atoms with Gasteiger partial charge in [-0.1, -0.05) is 24.3 Å². The molecule has 3 aromatic rings. The average Bonchev–Trinajstić information content (AvgIpc) is 2.75. The number of anilines is 2. The van der Waals surface area contributed by atoms with E-state index in [1.165, 1.54) is 0 Å². The molecule has 0 atom stereocenters. The number of para-hydroxylation sites is 1. The number of aliphatic hydroxyl groups is 1. The van der Waals surface area contributed by atoms with Crippen molar-refractivity contribution in [1.82, 2.24) is 15.0 Å². The van der Waals surface area contributed by atoms with E-state index < -0.39 is 0 Å². The molecule has 0 bridgehead atoms. The predicted octanol–water partition coefficient (Wildman–Crippen LogP) is 3.27. The molecule has 7 heteroatoms. The number of fused-ring (bicyclic) bond motifs is 1. The van der Waals surface area contributed by atoms with Gasteiger partial charge in [0.05, 0.1) is 17.8 Å². The van der Waals surface area contributed by atoms with Gasteiger partial charge in [0.15, 0.2) is 0 Å². The number of benzene rings is 1. The quantitative estimate of drug-likeness (QED) is 0.595. The number of pyridine rings is 1. The topological polar surface area (TPSA) is 107 Å². The summed E-state index contributed by atoms with van der Waals surface area (Å²) in [4.78, 5) is 13.4. The number of hydrogen-bond donors (Lipinski definition) is 3. The molecule has 0 unspecified atom stereocenters. The molecule has 148 valence electrons. The lowest BCUT2D eigenvalue weighted by Gasteiger charge is -2.26. The third-order valence-corrected chi connectivity index (χ3v) is 5.27. The van der Waals surface area contributed by atoms with Crippen LogP contribution in [0.25, 0.3) is 10.9 Å². The first-order chi connectivity index (χ1) is 14.2. The lowest BCUT2D eigenvalue weighted by Crippen LogP contribution is -2.29. The van der Waals surface area contributed by atoms with Crippen molar-refractivity contribution < 1.29 is 5.11 Å². The maximum atomic E-state index is 9.67. The molecule has 1 aromatic carbocycles. The molecule has 1 saturated carbocycles. The normalized spacial score (nSPS) is 18.9. The van der Waals surface area contributed by atoms with Gasteiger partial charge in [0.2, 0.25) is 5.95 Å². The molecule has 0 spiro atoms. The first-order valence-corrected chi connectivity index (χ1v) is 10.0. The van der Waals surface area contributed by atoms with Crippen molar-refractivity contribution in [3.63, 3.8) is 0 Å². The highest BCUT2D eigenvalue weighted by molar-refractivity contribution is 5.78. The van der Waals surface area contributed by atoms with E-state index >= 15 is 0 Å².